The summed E-state index contributed by atoms with van der Waals surface area (Å²) in [6.45, 7) is 14.0. The molecule has 0 spiro atoms. The van der Waals surface area contributed by atoms with Crippen LogP contribution < -0.4 is 5.32 Å². The smallest absolute Gasteiger partial charge is 0.126 e. The van der Waals surface area contributed by atoms with Gasteiger partial charge in [-0.3, -0.25) is 4.90 Å². The number of pyridine rings is 1. The van der Waals surface area contributed by atoms with Gasteiger partial charge in [0.25, 0.3) is 0 Å². The standard InChI is InChI=1S/C16H27ClN4/c1-4-18-16-6-5-14(17)15(19-16)12-21-9-7-20(8-10-21)11-13(2)3/h5-6,13H,4,7-12H2,1-3H3,(H,18,19). The highest BCUT2D eigenvalue weighted by Gasteiger charge is 2.18. The minimum Gasteiger partial charge on any atom is -0.370 e. The van der Waals surface area contributed by atoms with Crippen LogP contribution >= 0.6 is 11.6 Å². The molecule has 0 atom stereocenters. The molecule has 0 amide bonds. The van der Waals surface area contributed by atoms with E-state index >= 15 is 0 Å². The molecule has 1 fully saturated rings. The molecule has 0 saturated carbocycles. The van der Waals surface area contributed by atoms with Gasteiger partial charge in [0.1, 0.15) is 5.82 Å². The van der Waals surface area contributed by atoms with Crippen molar-refractivity contribution in [1.29, 1.82) is 0 Å². The number of anilines is 1. The summed E-state index contributed by atoms with van der Waals surface area (Å²) in [5, 5.41) is 4.01. The lowest BCUT2D eigenvalue weighted by Gasteiger charge is -2.35. The lowest BCUT2D eigenvalue weighted by molar-refractivity contribution is 0.116. The number of nitrogens with zero attached hydrogens (tertiary/aromatic N) is 3. The first-order valence-corrected chi connectivity index (χ1v) is 8.30. The molecule has 5 heteroatoms. The fourth-order valence-corrected chi connectivity index (χ4v) is 2.90. The predicted octanol–water partition coefficient (Wildman–Crippen LogP) is 2.94. The van der Waals surface area contributed by atoms with Gasteiger partial charge in [-0.05, 0) is 25.0 Å². The molecule has 1 saturated heterocycles. The monoisotopic (exact) mass is 310 g/mol. The Hall–Kier alpha value is -0.840. The number of piperazine rings is 1. The third-order valence-corrected chi connectivity index (χ3v) is 4.08. The van der Waals surface area contributed by atoms with Crippen LogP contribution in [0.15, 0.2) is 12.1 Å². The van der Waals surface area contributed by atoms with Crippen molar-refractivity contribution in [1.82, 2.24) is 14.8 Å². The Morgan fingerprint density at radius 2 is 1.86 bits per heavy atom. The van der Waals surface area contributed by atoms with E-state index < -0.39 is 0 Å². The third kappa shape index (κ3) is 5.13. The second kappa shape index (κ2) is 7.97. The Morgan fingerprint density at radius 1 is 1.19 bits per heavy atom. The molecule has 1 aromatic rings. The summed E-state index contributed by atoms with van der Waals surface area (Å²) in [4.78, 5) is 9.62. The van der Waals surface area contributed by atoms with Gasteiger partial charge in [-0.2, -0.15) is 0 Å². The van der Waals surface area contributed by atoms with Gasteiger partial charge in [-0.15, -0.1) is 0 Å². The fourth-order valence-electron chi connectivity index (χ4n) is 2.73. The first kappa shape index (κ1) is 16.5. The molecular formula is C16H27ClN4. The minimum atomic E-state index is 0.740. The summed E-state index contributed by atoms with van der Waals surface area (Å²) in [6, 6.07) is 3.88. The molecule has 1 aromatic heterocycles. The van der Waals surface area contributed by atoms with E-state index in [1.165, 1.54) is 6.54 Å². The number of rotatable bonds is 6. The van der Waals surface area contributed by atoms with Gasteiger partial charge >= 0.3 is 0 Å². The van der Waals surface area contributed by atoms with E-state index in [4.69, 9.17) is 11.6 Å². The summed E-state index contributed by atoms with van der Waals surface area (Å²) in [6.07, 6.45) is 0. The van der Waals surface area contributed by atoms with E-state index in [-0.39, 0.29) is 0 Å². The summed E-state index contributed by atoms with van der Waals surface area (Å²) < 4.78 is 0. The van der Waals surface area contributed by atoms with Gasteiger partial charge in [0, 0.05) is 45.8 Å². The highest BCUT2D eigenvalue weighted by molar-refractivity contribution is 6.31. The highest BCUT2D eigenvalue weighted by atomic mass is 35.5. The second-order valence-electron chi connectivity index (χ2n) is 6.13. The van der Waals surface area contributed by atoms with Crippen LogP contribution in [0.3, 0.4) is 0 Å². The molecule has 1 aliphatic heterocycles. The number of hydrogen-bond donors (Lipinski definition) is 1. The van der Waals surface area contributed by atoms with E-state index in [1.807, 2.05) is 12.1 Å². The molecule has 1 N–H and O–H groups in total. The van der Waals surface area contributed by atoms with Crippen LogP contribution in [0.2, 0.25) is 5.02 Å². The molecule has 1 aliphatic rings. The largest absolute Gasteiger partial charge is 0.370 e. The van der Waals surface area contributed by atoms with Gasteiger partial charge in [0.15, 0.2) is 0 Å². The lowest BCUT2D eigenvalue weighted by atomic mass is 10.2. The predicted molar refractivity (Wildman–Crippen MR) is 90.0 cm³/mol. The molecule has 118 valence electrons. The van der Waals surface area contributed by atoms with Crippen molar-refractivity contribution < 1.29 is 0 Å². The van der Waals surface area contributed by atoms with E-state index in [9.17, 15) is 0 Å². The molecule has 0 unspecified atom stereocenters. The third-order valence-electron chi connectivity index (χ3n) is 3.74. The topological polar surface area (TPSA) is 31.4 Å². The van der Waals surface area contributed by atoms with Crippen LogP contribution in [-0.2, 0) is 6.54 Å². The number of hydrogen-bond acceptors (Lipinski definition) is 4. The maximum atomic E-state index is 6.29. The van der Waals surface area contributed by atoms with Crippen LogP contribution in [0.4, 0.5) is 5.82 Å². The van der Waals surface area contributed by atoms with Gasteiger partial charge in [0.05, 0.1) is 10.7 Å². The van der Waals surface area contributed by atoms with Crippen molar-refractivity contribution in [2.45, 2.75) is 27.3 Å². The van der Waals surface area contributed by atoms with Crippen molar-refractivity contribution in [3.63, 3.8) is 0 Å². The number of halogens is 1. The maximum Gasteiger partial charge on any atom is 0.126 e. The zero-order valence-corrected chi connectivity index (χ0v) is 14.2. The maximum absolute atomic E-state index is 6.29. The Balaban J connectivity index is 1.89. The molecular weight excluding hydrogens is 284 g/mol. The van der Waals surface area contributed by atoms with Gasteiger partial charge in [-0.25, -0.2) is 4.98 Å². The van der Waals surface area contributed by atoms with Crippen LogP contribution in [-0.4, -0.2) is 54.1 Å². The minimum absolute atomic E-state index is 0.740. The van der Waals surface area contributed by atoms with Crippen LogP contribution in [0.25, 0.3) is 0 Å². The average Bonchev–Trinajstić information content (AvgIpc) is 2.44. The first-order chi connectivity index (χ1) is 10.1. The first-order valence-electron chi connectivity index (χ1n) is 7.92. The molecule has 2 rings (SSSR count). The van der Waals surface area contributed by atoms with Crippen molar-refractivity contribution in [2.24, 2.45) is 5.92 Å². The summed E-state index contributed by atoms with van der Waals surface area (Å²) in [5.74, 6) is 1.65. The molecule has 0 aromatic carbocycles. The zero-order valence-electron chi connectivity index (χ0n) is 13.4. The fraction of sp³-hybridized carbons (Fsp3) is 0.688. The molecule has 2 heterocycles. The van der Waals surface area contributed by atoms with Gasteiger partial charge < -0.3 is 10.2 Å². The molecule has 0 bridgehead atoms. The molecule has 4 nitrogen and oxygen atoms in total. The zero-order chi connectivity index (χ0) is 15.2. The van der Waals surface area contributed by atoms with Crippen LogP contribution in [0.5, 0.6) is 0 Å². The Morgan fingerprint density at radius 3 is 2.48 bits per heavy atom. The quantitative estimate of drug-likeness (QED) is 0.875. The second-order valence-corrected chi connectivity index (χ2v) is 6.53. The SMILES string of the molecule is CCNc1ccc(Cl)c(CN2CCN(CC(C)C)CC2)n1. The molecule has 0 radical (unpaired) electrons. The number of nitrogens with one attached hydrogen (secondary N) is 1. The Bertz CT molecular complexity index is 442. The highest BCUT2D eigenvalue weighted by Crippen LogP contribution is 2.19. The van der Waals surface area contributed by atoms with Crippen LogP contribution in [0, 0.1) is 5.92 Å². The Labute approximate surface area is 133 Å². The molecule has 0 aliphatic carbocycles. The summed E-state index contributed by atoms with van der Waals surface area (Å²) in [5.41, 5.74) is 0.979. The van der Waals surface area contributed by atoms with Crippen molar-refractivity contribution in [3.05, 3.63) is 22.8 Å². The van der Waals surface area contributed by atoms with Gasteiger partial charge in [-0.1, -0.05) is 25.4 Å². The average molecular weight is 311 g/mol. The van der Waals surface area contributed by atoms with Crippen molar-refractivity contribution in [2.75, 3.05) is 44.6 Å². The lowest BCUT2D eigenvalue weighted by Crippen LogP contribution is -2.47. The van der Waals surface area contributed by atoms with Gasteiger partial charge in [0.2, 0.25) is 0 Å². The van der Waals surface area contributed by atoms with Crippen molar-refractivity contribution >= 4 is 17.4 Å². The van der Waals surface area contributed by atoms with E-state index in [2.05, 4.69) is 40.9 Å². The van der Waals surface area contributed by atoms with E-state index in [0.717, 1.165) is 61.7 Å². The van der Waals surface area contributed by atoms with E-state index in [0.29, 0.717) is 0 Å². The summed E-state index contributed by atoms with van der Waals surface area (Å²) in [7, 11) is 0. The van der Waals surface area contributed by atoms with Crippen molar-refractivity contribution in [3.8, 4) is 0 Å². The molecule has 21 heavy (non-hydrogen) atoms. The van der Waals surface area contributed by atoms with Crippen LogP contribution in [0.1, 0.15) is 26.5 Å². The normalized spacial score (nSPS) is 17.4. The van der Waals surface area contributed by atoms with E-state index in [1.54, 1.807) is 0 Å². The summed E-state index contributed by atoms with van der Waals surface area (Å²) >= 11 is 6.29. The Kier molecular flexibility index (Phi) is 6.27. The number of aromatic nitrogens is 1.